The molecule has 21 heavy (non-hydrogen) atoms. The Labute approximate surface area is 116 Å². The summed E-state index contributed by atoms with van der Waals surface area (Å²) in [4.78, 5) is 18.9. The fourth-order valence-corrected chi connectivity index (χ4v) is 1.96. The van der Waals surface area contributed by atoms with Crippen molar-refractivity contribution in [3.8, 4) is 0 Å². The third-order valence-corrected chi connectivity index (χ3v) is 2.98. The van der Waals surface area contributed by atoms with Crippen LogP contribution in [-0.4, -0.2) is 15.9 Å². The van der Waals surface area contributed by atoms with E-state index in [1.165, 1.54) is 12.4 Å². The second-order valence-corrected chi connectivity index (χ2v) is 4.28. The number of benzene rings is 2. The van der Waals surface area contributed by atoms with E-state index >= 15 is 0 Å². The molecule has 0 aliphatic carbocycles. The lowest BCUT2D eigenvalue weighted by Crippen LogP contribution is -2.14. The first-order valence-electron chi connectivity index (χ1n) is 5.95. The highest BCUT2D eigenvalue weighted by atomic mass is 19.2. The number of amides is 1. The van der Waals surface area contributed by atoms with Crippen molar-refractivity contribution < 1.29 is 18.0 Å². The molecule has 0 fully saturated rings. The lowest BCUT2D eigenvalue weighted by molar-refractivity contribution is 0.102. The molecule has 0 saturated carbocycles. The number of nitrogens with one attached hydrogen (secondary N) is 2. The van der Waals surface area contributed by atoms with Gasteiger partial charge in [-0.3, -0.25) is 4.79 Å². The molecule has 1 heterocycles. The number of hydrogen-bond acceptors (Lipinski definition) is 2. The zero-order valence-corrected chi connectivity index (χ0v) is 10.5. The average molecular weight is 291 g/mol. The largest absolute Gasteiger partial charge is 0.345 e. The Bertz CT molecular complexity index is 845. The van der Waals surface area contributed by atoms with Gasteiger partial charge in [-0.1, -0.05) is 6.07 Å². The Morgan fingerprint density at radius 2 is 1.90 bits per heavy atom. The van der Waals surface area contributed by atoms with Gasteiger partial charge in [-0.15, -0.1) is 0 Å². The summed E-state index contributed by atoms with van der Waals surface area (Å²) in [6.45, 7) is 0. The van der Waals surface area contributed by atoms with Crippen LogP contribution in [0.5, 0.6) is 0 Å². The van der Waals surface area contributed by atoms with Crippen LogP contribution in [0.2, 0.25) is 0 Å². The quantitative estimate of drug-likeness (QED) is 0.712. The fourth-order valence-electron chi connectivity index (χ4n) is 1.96. The number of rotatable bonds is 2. The smallest absolute Gasteiger partial charge is 0.258 e. The number of aromatic nitrogens is 2. The third-order valence-electron chi connectivity index (χ3n) is 2.98. The summed E-state index contributed by atoms with van der Waals surface area (Å²) < 4.78 is 39.5. The van der Waals surface area contributed by atoms with Gasteiger partial charge in [0.15, 0.2) is 17.5 Å². The Kier molecular flexibility index (Phi) is 3.09. The van der Waals surface area contributed by atoms with Gasteiger partial charge in [-0.05, 0) is 24.3 Å². The van der Waals surface area contributed by atoms with E-state index in [-0.39, 0.29) is 5.56 Å². The van der Waals surface area contributed by atoms with Gasteiger partial charge in [0, 0.05) is 0 Å². The first kappa shape index (κ1) is 13.2. The van der Waals surface area contributed by atoms with Gasteiger partial charge in [-0.2, -0.15) is 0 Å². The Balaban J connectivity index is 1.97. The molecular weight excluding hydrogens is 283 g/mol. The van der Waals surface area contributed by atoms with Crippen LogP contribution in [0, 0.1) is 17.5 Å². The van der Waals surface area contributed by atoms with Crippen molar-refractivity contribution >= 4 is 22.6 Å². The molecule has 0 unspecified atom stereocenters. The number of imidazole rings is 1. The first-order chi connectivity index (χ1) is 10.1. The van der Waals surface area contributed by atoms with Crippen molar-refractivity contribution in [1.82, 2.24) is 9.97 Å². The third kappa shape index (κ3) is 2.22. The normalized spacial score (nSPS) is 10.8. The number of para-hydroxylation sites is 1. The van der Waals surface area contributed by atoms with Crippen LogP contribution < -0.4 is 5.32 Å². The molecule has 2 N–H and O–H groups in total. The molecular formula is C14H8F3N3O. The fraction of sp³-hybridized carbons (Fsp3) is 0. The van der Waals surface area contributed by atoms with E-state index in [2.05, 4.69) is 15.3 Å². The minimum absolute atomic E-state index is 0.192. The lowest BCUT2D eigenvalue weighted by Gasteiger charge is -2.07. The van der Waals surface area contributed by atoms with Crippen molar-refractivity contribution in [1.29, 1.82) is 0 Å². The Morgan fingerprint density at radius 1 is 1.10 bits per heavy atom. The van der Waals surface area contributed by atoms with E-state index in [9.17, 15) is 18.0 Å². The van der Waals surface area contributed by atoms with Crippen LogP contribution in [-0.2, 0) is 0 Å². The molecule has 0 atom stereocenters. The van der Waals surface area contributed by atoms with Gasteiger partial charge in [0.2, 0.25) is 0 Å². The summed E-state index contributed by atoms with van der Waals surface area (Å²) in [5.41, 5.74) is 0.788. The van der Waals surface area contributed by atoms with Gasteiger partial charge < -0.3 is 10.3 Å². The van der Waals surface area contributed by atoms with E-state index in [0.717, 1.165) is 12.1 Å². The number of carbonyl (C=O) groups is 1. The maximum absolute atomic E-state index is 13.5. The number of halogens is 3. The number of aromatic amines is 1. The summed E-state index contributed by atoms with van der Waals surface area (Å²) in [7, 11) is 0. The van der Waals surface area contributed by atoms with E-state index < -0.39 is 29.0 Å². The molecule has 7 heteroatoms. The van der Waals surface area contributed by atoms with Crippen LogP contribution in [0.25, 0.3) is 11.0 Å². The molecule has 0 aliphatic rings. The molecule has 1 amide bonds. The zero-order valence-electron chi connectivity index (χ0n) is 10.5. The Hall–Kier alpha value is -2.83. The molecule has 3 aromatic rings. The summed E-state index contributed by atoms with van der Waals surface area (Å²) in [6.07, 6.45) is 1.42. The summed E-state index contributed by atoms with van der Waals surface area (Å²) >= 11 is 0. The number of H-pyrrole nitrogens is 1. The van der Waals surface area contributed by atoms with Crippen molar-refractivity contribution in [3.63, 3.8) is 0 Å². The monoisotopic (exact) mass is 291 g/mol. The van der Waals surface area contributed by atoms with Crippen LogP contribution in [0.3, 0.4) is 0 Å². The molecule has 0 spiro atoms. The lowest BCUT2D eigenvalue weighted by atomic mass is 10.1. The highest BCUT2D eigenvalue weighted by molar-refractivity contribution is 6.11. The first-order valence-corrected chi connectivity index (χ1v) is 5.95. The summed E-state index contributed by atoms with van der Waals surface area (Å²) in [5, 5.41) is 2.20. The minimum atomic E-state index is -1.63. The number of nitrogens with zero attached hydrogens (tertiary/aromatic N) is 1. The van der Waals surface area contributed by atoms with Gasteiger partial charge in [0.1, 0.15) is 5.52 Å². The average Bonchev–Trinajstić information content (AvgIpc) is 2.96. The molecule has 3 rings (SSSR count). The summed E-state index contributed by atoms with van der Waals surface area (Å²) in [6, 6.07) is 6.53. The van der Waals surface area contributed by atoms with E-state index in [1.54, 1.807) is 12.1 Å². The Morgan fingerprint density at radius 3 is 2.71 bits per heavy atom. The van der Waals surface area contributed by atoms with Crippen LogP contribution in [0.1, 0.15) is 10.4 Å². The number of anilines is 1. The van der Waals surface area contributed by atoms with Gasteiger partial charge in [0.25, 0.3) is 5.91 Å². The van der Waals surface area contributed by atoms with Crippen molar-refractivity contribution in [2.75, 3.05) is 5.32 Å². The van der Waals surface area contributed by atoms with Gasteiger partial charge >= 0.3 is 0 Å². The molecule has 2 aromatic carbocycles. The SMILES string of the molecule is O=C(Nc1ccc(F)c(F)c1F)c1cccc2[nH]cnc12. The van der Waals surface area contributed by atoms with Crippen molar-refractivity contribution in [2.45, 2.75) is 0 Å². The predicted octanol–water partition coefficient (Wildman–Crippen LogP) is 3.23. The molecule has 0 aliphatic heterocycles. The maximum atomic E-state index is 13.5. The second kappa shape index (κ2) is 4.93. The predicted molar refractivity (Wildman–Crippen MR) is 70.4 cm³/mol. The highest BCUT2D eigenvalue weighted by Gasteiger charge is 2.17. The van der Waals surface area contributed by atoms with Crippen LogP contribution in [0.15, 0.2) is 36.7 Å². The van der Waals surface area contributed by atoms with Crippen molar-refractivity contribution in [3.05, 3.63) is 59.7 Å². The van der Waals surface area contributed by atoms with Crippen LogP contribution in [0.4, 0.5) is 18.9 Å². The van der Waals surface area contributed by atoms with Crippen molar-refractivity contribution in [2.24, 2.45) is 0 Å². The standard InChI is InChI=1S/C14H8F3N3O/c15-8-4-5-9(12(17)11(8)16)20-14(21)7-2-1-3-10-13(7)19-6-18-10/h1-6H,(H,18,19)(H,20,21). The second-order valence-electron chi connectivity index (χ2n) is 4.28. The van der Waals surface area contributed by atoms with E-state index in [4.69, 9.17) is 0 Å². The van der Waals surface area contributed by atoms with Gasteiger partial charge in [-0.25, -0.2) is 18.2 Å². The maximum Gasteiger partial charge on any atom is 0.258 e. The molecule has 1 aromatic heterocycles. The molecule has 0 radical (unpaired) electrons. The molecule has 4 nitrogen and oxygen atoms in total. The summed E-state index contributed by atoms with van der Waals surface area (Å²) in [5.74, 6) is -5.07. The molecule has 0 bridgehead atoms. The van der Waals surface area contributed by atoms with E-state index in [0.29, 0.717) is 11.0 Å². The molecule has 106 valence electrons. The number of carbonyl (C=O) groups excluding carboxylic acids is 1. The highest BCUT2D eigenvalue weighted by Crippen LogP contribution is 2.21. The topological polar surface area (TPSA) is 57.8 Å². The van der Waals surface area contributed by atoms with Gasteiger partial charge in [0.05, 0.1) is 23.1 Å². The van der Waals surface area contributed by atoms with E-state index in [1.807, 2.05) is 0 Å². The number of hydrogen-bond donors (Lipinski definition) is 2. The van der Waals surface area contributed by atoms with Crippen LogP contribution >= 0.6 is 0 Å². The minimum Gasteiger partial charge on any atom is -0.345 e. The zero-order chi connectivity index (χ0) is 15.0. The number of fused-ring (bicyclic) bond motifs is 1. The molecule has 0 saturated heterocycles.